The number of aromatic carboxylic acids is 1. The zero-order valence-electron chi connectivity index (χ0n) is 18.8. The number of nitrogens with zero attached hydrogens (tertiary/aromatic N) is 1. The van der Waals surface area contributed by atoms with Gasteiger partial charge in [0, 0.05) is 22.0 Å². The zero-order valence-corrected chi connectivity index (χ0v) is 22.0. The first kappa shape index (κ1) is 27.2. The molecule has 0 aliphatic carbocycles. The van der Waals surface area contributed by atoms with Crippen LogP contribution in [0.3, 0.4) is 0 Å². The molecule has 0 atom stereocenters. The van der Waals surface area contributed by atoms with E-state index in [-0.39, 0.29) is 22.1 Å². The summed E-state index contributed by atoms with van der Waals surface area (Å²) in [5.74, 6) is -0.760. The highest BCUT2D eigenvalue weighted by Crippen LogP contribution is 2.39. The van der Waals surface area contributed by atoms with Crippen molar-refractivity contribution < 1.29 is 32.6 Å². The molecule has 192 valence electrons. The van der Waals surface area contributed by atoms with Crippen LogP contribution in [-0.4, -0.2) is 39.4 Å². The molecule has 1 aliphatic heterocycles. The van der Waals surface area contributed by atoms with E-state index in [0.717, 1.165) is 23.9 Å². The minimum atomic E-state index is -4.48. The van der Waals surface area contributed by atoms with Gasteiger partial charge in [0.1, 0.15) is 10.1 Å². The summed E-state index contributed by atoms with van der Waals surface area (Å²) >= 11 is 13.9. The van der Waals surface area contributed by atoms with Gasteiger partial charge in [-0.05, 0) is 72.0 Å². The summed E-state index contributed by atoms with van der Waals surface area (Å²) < 4.78 is 45.3. The number of ether oxygens (including phenoxy) is 1. The Bertz CT molecular complexity index is 1390. The molecule has 3 aromatic rings. The summed E-state index contributed by atoms with van der Waals surface area (Å²) in [4.78, 5) is 26.4. The molecule has 2 heterocycles. The lowest BCUT2D eigenvalue weighted by Gasteiger charge is -2.14. The van der Waals surface area contributed by atoms with E-state index in [1.54, 1.807) is 29.7 Å². The summed E-state index contributed by atoms with van der Waals surface area (Å²) in [5.41, 5.74) is 0.156. The highest BCUT2D eigenvalue weighted by Gasteiger charge is 2.32. The highest BCUT2D eigenvalue weighted by molar-refractivity contribution is 8.26. The number of hydrogen-bond donors (Lipinski definition) is 1. The molecule has 0 radical (unpaired) electrons. The van der Waals surface area contributed by atoms with Crippen molar-refractivity contribution in [3.63, 3.8) is 0 Å². The van der Waals surface area contributed by atoms with Gasteiger partial charge < -0.3 is 9.84 Å². The number of rotatable bonds is 8. The Hall–Kier alpha value is -2.86. The lowest BCUT2D eigenvalue weighted by atomic mass is 10.1. The van der Waals surface area contributed by atoms with E-state index in [2.05, 4.69) is 0 Å². The topological polar surface area (TPSA) is 66.8 Å². The van der Waals surface area contributed by atoms with Crippen molar-refractivity contribution in [2.75, 3.05) is 13.2 Å². The molecule has 37 heavy (non-hydrogen) atoms. The fourth-order valence-electron chi connectivity index (χ4n) is 3.42. The molecule has 1 aromatic heterocycles. The van der Waals surface area contributed by atoms with Crippen LogP contribution in [0.5, 0.6) is 5.75 Å². The molecule has 1 fully saturated rings. The van der Waals surface area contributed by atoms with Crippen LogP contribution in [0.1, 0.15) is 27.2 Å². The first-order valence-electron chi connectivity index (χ1n) is 10.7. The number of carboxylic acid groups (broad SMARTS) is 1. The Morgan fingerprint density at radius 2 is 1.89 bits per heavy atom. The first-order chi connectivity index (χ1) is 17.5. The van der Waals surface area contributed by atoms with Crippen molar-refractivity contribution >= 4 is 69.2 Å². The van der Waals surface area contributed by atoms with E-state index in [1.165, 1.54) is 34.4 Å². The maximum absolute atomic E-state index is 13.1. The van der Waals surface area contributed by atoms with Crippen molar-refractivity contribution in [2.45, 2.75) is 12.6 Å². The molecule has 0 bridgehead atoms. The lowest BCUT2D eigenvalue weighted by Crippen LogP contribution is -2.29. The Morgan fingerprint density at radius 1 is 1.16 bits per heavy atom. The van der Waals surface area contributed by atoms with Crippen LogP contribution in [0.4, 0.5) is 13.2 Å². The van der Waals surface area contributed by atoms with Crippen molar-refractivity contribution in [1.82, 2.24) is 4.90 Å². The molecule has 0 spiro atoms. The number of carbonyl (C=O) groups excluding carboxylic acids is 1. The molecular formula is C25H17ClF3NO4S3. The predicted molar refractivity (Wildman–Crippen MR) is 143 cm³/mol. The summed E-state index contributed by atoms with van der Waals surface area (Å²) in [5, 5.41) is 10.8. The standard InChI is InChI=1S/C25H17ClF3NO4S3/c26-20-7-4-16(25(27,28)29)11-19(20)15-10-18(36-13-15)12-21-22(31)30(24(35)37-21)8-1-9-34-17-5-2-14(3-6-17)23(32)33/h2-7,10-13H,1,8-9H2,(H,32,33)/b21-12-. The maximum atomic E-state index is 13.1. The second kappa shape index (κ2) is 11.3. The van der Waals surface area contributed by atoms with Crippen LogP contribution < -0.4 is 4.74 Å². The summed E-state index contributed by atoms with van der Waals surface area (Å²) in [6.07, 6.45) is -2.32. The van der Waals surface area contributed by atoms with Gasteiger partial charge in [-0.1, -0.05) is 35.6 Å². The zero-order chi connectivity index (χ0) is 26.7. The molecule has 0 unspecified atom stereocenters. The molecule has 1 N–H and O–H groups in total. The number of benzene rings is 2. The predicted octanol–water partition coefficient (Wildman–Crippen LogP) is 7.46. The number of hydrogen-bond acceptors (Lipinski definition) is 6. The van der Waals surface area contributed by atoms with Gasteiger partial charge in [0.2, 0.25) is 0 Å². The highest BCUT2D eigenvalue weighted by atomic mass is 35.5. The van der Waals surface area contributed by atoms with E-state index >= 15 is 0 Å². The van der Waals surface area contributed by atoms with Gasteiger partial charge in [0.05, 0.1) is 22.6 Å². The van der Waals surface area contributed by atoms with Crippen LogP contribution in [0, 0.1) is 0 Å². The van der Waals surface area contributed by atoms with E-state index in [0.29, 0.717) is 45.0 Å². The van der Waals surface area contributed by atoms with Gasteiger partial charge in [-0.25, -0.2) is 4.79 Å². The number of alkyl halides is 3. The Morgan fingerprint density at radius 3 is 2.57 bits per heavy atom. The number of carbonyl (C=O) groups is 2. The number of amides is 1. The number of thioether (sulfide) groups is 1. The van der Waals surface area contributed by atoms with Gasteiger partial charge in [-0.15, -0.1) is 11.3 Å². The second-order valence-electron chi connectivity index (χ2n) is 7.80. The van der Waals surface area contributed by atoms with Crippen LogP contribution >= 0.6 is 46.9 Å². The molecule has 2 aromatic carbocycles. The fourth-order valence-corrected chi connectivity index (χ4v) is 5.86. The molecular weight excluding hydrogens is 567 g/mol. The average Bonchev–Trinajstić information content (AvgIpc) is 3.41. The van der Waals surface area contributed by atoms with Crippen molar-refractivity contribution in [3.8, 4) is 16.9 Å². The molecule has 1 aliphatic rings. The number of carboxylic acids is 1. The number of halogens is 4. The molecule has 12 heteroatoms. The van der Waals surface area contributed by atoms with Crippen LogP contribution in [0.2, 0.25) is 5.02 Å². The lowest BCUT2D eigenvalue weighted by molar-refractivity contribution is -0.137. The largest absolute Gasteiger partial charge is 0.494 e. The molecule has 0 saturated carbocycles. The van der Waals surface area contributed by atoms with Gasteiger partial charge in [0.25, 0.3) is 5.91 Å². The van der Waals surface area contributed by atoms with Crippen molar-refractivity contribution in [1.29, 1.82) is 0 Å². The molecule has 5 nitrogen and oxygen atoms in total. The third-order valence-corrected chi connectivity index (χ3v) is 7.85. The Kier molecular flexibility index (Phi) is 8.27. The maximum Gasteiger partial charge on any atom is 0.416 e. The van der Waals surface area contributed by atoms with E-state index < -0.39 is 17.7 Å². The normalized spacial score (nSPS) is 15.0. The average molecular weight is 584 g/mol. The van der Waals surface area contributed by atoms with Crippen LogP contribution in [0.15, 0.2) is 58.8 Å². The van der Waals surface area contributed by atoms with Gasteiger partial charge in [-0.2, -0.15) is 13.2 Å². The van der Waals surface area contributed by atoms with Gasteiger partial charge in [0.15, 0.2) is 0 Å². The minimum absolute atomic E-state index is 0.160. The summed E-state index contributed by atoms with van der Waals surface area (Å²) in [6.45, 7) is 0.638. The third-order valence-electron chi connectivity index (χ3n) is 5.27. The molecule has 1 amide bonds. The van der Waals surface area contributed by atoms with Crippen molar-refractivity contribution in [3.05, 3.63) is 79.8 Å². The summed E-state index contributed by atoms with van der Waals surface area (Å²) in [7, 11) is 0. The fraction of sp³-hybridized carbons (Fsp3) is 0.160. The third kappa shape index (κ3) is 6.53. The Balaban J connectivity index is 1.38. The second-order valence-corrected chi connectivity index (χ2v) is 10.8. The smallest absolute Gasteiger partial charge is 0.416 e. The van der Waals surface area contributed by atoms with Crippen LogP contribution in [-0.2, 0) is 11.0 Å². The van der Waals surface area contributed by atoms with Crippen molar-refractivity contribution in [2.24, 2.45) is 0 Å². The van der Waals surface area contributed by atoms with E-state index in [1.807, 2.05) is 0 Å². The van der Waals surface area contributed by atoms with E-state index in [9.17, 15) is 22.8 Å². The Labute approximate surface area is 228 Å². The quantitative estimate of drug-likeness (QED) is 0.169. The number of thiocarbonyl (C=S) groups is 1. The minimum Gasteiger partial charge on any atom is -0.494 e. The molecule has 4 rings (SSSR count). The van der Waals surface area contributed by atoms with Gasteiger partial charge >= 0.3 is 12.1 Å². The SMILES string of the molecule is O=C(O)c1ccc(OCCCN2C(=O)/C(=C/c3cc(-c4cc(C(F)(F)F)ccc4Cl)cs3)SC2=S)cc1. The summed E-state index contributed by atoms with van der Waals surface area (Å²) in [6, 6.07) is 10.9. The molecule has 1 saturated heterocycles. The first-order valence-corrected chi connectivity index (χ1v) is 13.2. The van der Waals surface area contributed by atoms with Crippen LogP contribution in [0.25, 0.3) is 17.2 Å². The monoisotopic (exact) mass is 583 g/mol. The number of thiophene rings is 1. The van der Waals surface area contributed by atoms with Gasteiger partial charge in [-0.3, -0.25) is 9.69 Å². The van der Waals surface area contributed by atoms with E-state index in [4.69, 9.17) is 33.7 Å².